The summed E-state index contributed by atoms with van der Waals surface area (Å²) in [6, 6.07) is 5.65. The van der Waals surface area contributed by atoms with E-state index in [2.05, 4.69) is 10.3 Å². The Morgan fingerprint density at radius 3 is 2.83 bits per heavy atom. The van der Waals surface area contributed by atoms with Crippen molar-refractivity contribution in [3.05, 3.63) is 23.8 Å². The van der Waals surface area contributed by atoms with E-state index in [0.717, 1.165) is 12.8 Å². The van der Waals surface area contributed by atoms with Gasteiger partial charge in [-0.05, 0) is 38.0 Å². The lowest BCUT2D eigenvalue weighted by Crippen LogP contribution is -2.34. The highest BCUT2D eigenvalue weighted by atomic mass is 16.7. The largest absolute Gasteiger partial charge is 0.465 e. The lowest BCUT2D eigenvalue weighted by molar-refractivity contribution is 0.0965. The molecule has 0 unspecified atom stereocenters. The number of nitrogens with zero attached hydrogens (tertiary/aromatic N) is 1. The average molecular weight is 318 g/mol. The fourth-order valence-electron chi connectivity index (χ4n) is 2.83. The molecule has 0 bridgehead atoms. The minimum Gasteiger partial charge on any atom is -0.465 e. The molecule has 1 N–H and O–H groups in total. The number of amidine groups is 1. The Hall–Kier alpha value is -2.24. The number of amides is 1. The monoisotopic (exact) mass is 318 g/mol. The molecule has 0 aromatic heterocycles. The molecule has 1 fully saturated rings. The van der Waals surface area contributed by atoms with Gasteiger partial charge < -0.3 is 14.2 Å². The standard InChI is InChI=1S/C17H22N2O4/c1-2-21-17(18-13-6-4-3-5-7-13)19-16(20)12-8-9-14-15(10-12)23-11-22-14/h8-10,13H,2-7,11H2,1H3,(H,18,19,20). The number of hydrogen-bond acceptors (Lipinski definition) is 5. The summed E-state index contributed by atoms with van der Waals surface area (Å²) in [4.78, 5) is 17.0. The number of nitrogens with one attached hydrogen (secondary N) is 1. The Morgan fingerprint density at radius 1 is 1.26 bits per heavy atom. The number of fused-ring (bicyclic) bond motifs is 1. The van der Waals surface area contributed by atoms with Crippen LogP contribution in [0.4, 0.5) is 0 Å². The van der Waals surface area contributed by atoms with Crippen molar-refractivity contribution >= 4 is 11.9 Å². The van der Waals surface area contributed by atoms with Gasteiger partial charge in [-0.25, -0.2) is 4.99 Å². The Bertz CT molecular complexity index is 594. The first kappa shape index (κ1) is 15.6. The van der Waals surface area contributed by atoms with Gasteiger partial charge in [-0.1, -0.05) is 19.3 Å². The predicted octanol–water partition coefficient (Wildman–Crippen LogP) is 2.87. The third-order valence-electron chi connectivity index (χ3n) is 4.01. The van der Waals surface area contributed by atoms with E-state index >= 15 is 0 Å². The zero-order valence-electron chi connectivity index (χ0n) is 13.3. The van der Waals surface area contributed by atoms with E-state index < -0.39 is 0 Å². The van der Waals surface area contributed by atoms with Gasteiger partial charge in [0.15, 0.2) is 11.5 Å². The number of aliphatic imine (C=N–C) groups is 1. The lowest BCUT2D eigenvalue weighted by atomic mass is 9.96. The van der Waals surface area contributed by atoms with E-state index in [1.165, 1.54) is 19.3 Å². The highest BCUT2D eigenvalue weighted by Crippen LogP contribution is 2.32. The smallest absolute Gasteiger partial charge is 0.291 e. The van der Waals surface area contributed by atoms with Crippen LogP contribution in [-0.2, 0) is 4.74 Å². The van der Waals surface area contributed by atoms with Crippen molar-refractivity contribution in [3.63, 3.8) is 0 Å². The summed E-state index contributed by atoms with van der Waals surface area (Å²) in [5.41, 5.74) is 0.491. The minimum absolute atomic E-state index is 0.188. The number of ether oxygens (including phenoxy) is 3. The molecule has 6 nitrogen and oxygen atoms in total. The van der Waals surface area contributed by atoms with Crippen LogP contribution in [0.15, 0.2) is 23.2 Å². The first-order valence-electron chi connectivity index (χ1n) is 8.18. The molecule has 1 amide bonds. The van der Waals surface area contributed by atoms with Gasteiger partial charge in [-0.3, -0.25) is 10.1 Å². The van der Waals surface area contributed by atoms with Crippen LogP contribution >= 0.6 is 0 Å². The van der Waals surface area contributed by atoms with E-state index in [0.29, 0.717) is 29.7 Å². The first-order chi connectivity index (χ1) is 11.3. The van der Waals surface area contributed by atoms with Gasteiger partial charge in [0.2, 0.25) is 6.79 Å². The molecule has 1 aromatic rings. The topological polar surface area (TPSA) is 69.2 Å². The van der Waals surface area contributed by atoms with Gasteiger partial charge in [0.25, 0.3) is 11.9 Å². The number of carbonyl (C=O) groups is 1. The second-order valence-corrected chi connectivity index (χ2v) is 5.68. The van der Waals surface area contributed by atoms with Crippen molar-refractivity contribution in [1.29, 1.82) is 0 Å². The molecule has 0 spiro atoms. The van der Waals surface area contributed by atoms with Crippen molar-refractivity contribution < 1.29 is 19.0 Å². The third kappa shape index (κ3) is 3.94. The van der Waals surface area contributed by atoms with Gasteiger partial charge >= 0.3 is 0 Å². The molecule has 1 aliphatic heterocycles. The molecule has 0 saturated heterocycles. The predicted molar refractivity (Wildman–Crippen MR) is 86.0 cm³/mol. The molecular weight excluding hydrogens is 296 g/mol. The van der Waals surface area contributed by atoms with Crippen LogP contribution in [-0.4, -0.2) is 31.4 Å². The molecule has 23 heavy (non-hydrogen) atoms. The maximum atomic E-state index is 12.4. The number of hydrogen-bond donors (Lipinski definition) is 1. The Labute approximate surface area is 135 Å². The van der Waals surface area contributed by atoms with Crippen LogP contribution in [0, 0.1) is 0 Å². The van der Waals surface area contributed by atoms with E-state index in [4.69, 9.17) is 14.2 Å². The van der Waals surface area contributed by atoms with E-state index in [1.807, 2.05) is 6.92 Å². The quantitative estimate of drug-likeness (QED) is 0.687. The maximum Gasteiger partial charge on any atom is 0.291 e. The van der Waals surface area contributed by atoms with Gasteiger partial charge in [0.1, 0.15) is 0 Å². The van der Waals surface area contributed by atoms with Gasteiger partial charge in [-0.15, -0.1) is 0 Å². The highest BCUT2D eigenvalue weighted by molar-refractivity contribution is 6.04. The van der Waals surface area contributed by atoms with Gasteiger partial charge in [-0.2, -0.15) is 0 Å². The molecule has 1 heterocycles. The fraction of sp³-hybridized carbons (Fsp3) is 0.529. The molecule has 6 heteroatoms. The fourth-order valence-corrected chi connectivity index (χ4v) is 2.83. The summed E-state index contributed by atoms with van der Waals surface area (Å²) in [6.07, 6.45) is 5.74. The van der Waals surface area contributed by atoms with Crippen LogP contribution in [0.3, 0.4) is 0 Å². The molecule has 2 aliphatic rings. The number of carbonyl (C=O) groups excluding carboxylic acids is 1. The summed E-state index contributed by atoms with van der Waals surface area (Å²) in [5.74, 6) is 0.980. The highest BCUT2D eigenvalue weighted by Gasteiger charge is 2.19. The summed E-state index contributed by atoms with van der Waals surface area (Å²) in [6.45, 7) is 2.53. The Kier molecular flexibility index (Phi) is 5.00. The normalized spacial score (nSPS) is 17.9. The van der Waals surface area contributed by atoms with Gasteiger partial charge in [0.05, 0.1) is 12.6 Å². The molecule has 1 aliphatic carbocycles. The molecule has 0 atom stereocenters. The molecule has 1 aromatic carbocycles. The van der Waals surface area contributed by atoms with Crippen LogP contribution in [0.1, 0.15) is 49.4 Å². The number of rotatable bonds is 3. The second kappa shape index (κ2) is 7.35. The van der Waals surface area contributed by atoms with Crippen molar-refractivity contribution in [2.24, 2.45) is 4.99 Å². The molecule has 0 radical (unpaired) electrons. The van der Waals surface area contributed by atoms with Gasteiger partial charge in [0, 0.05) is 5.56 Å². The average Bonchev–Trinajstić information content (AvgIpc) is 3.03. The van der Waals surface area contributed by atoms with Crippen molar-refractivity contribution in [2.75, 3.05) is 13.4 Å². The van der Waals surface area contributed by atoms with Crippen LogP contribution in [0.25, 0.3) is 0 Å². The molecule has 124 valence electrons. The maximum absolute atomic E-state index is 12.4. The molecule has 1 saturated carbocycles. The Balaban J connectivity index is 1.69. The van der Waals surface area contributed by atoms with Crippen LogP contribution < -0.4 is 14.8 Å². The van der Waals surface area contributed by atoms with Crippen molar-refractivity contribution in [1.82, 2.24) is 5.32 Å². The zero-order valence-corrected chi connectivity index (χ0v) is 13.3. The Morgan fingerprint density at radius 2 is 2.04 bits per heavy atom. The number of benzene rings is 1. The zero-order chi connectivity index (χ0) is 16.1. The van der Waals surface area contributed by atoms with E-state index in [-0.39, 0.29) is 18.7 Å². The van der Waals surface area contributed by atoms with Crippen LogP contribution in [0.2, 0.25) is 0 Å². The summed E-state index contributed by atoms with van der Waals surface area (Å²) in [7, 11) is 0. The summed E-state index contributed by atoms with van der Waals surface area (Å²) < 4.78 is 16.0. The summed E-state index contributed by atoms with van der Waals surface area (Å²) in [5, 5.41) is 2.77. The second-order valence-electron chi connectivity index (χ2n) is 5.68. The van der Waals surface area contributed by atoms with E-state index in [9.17, 15) is 4.79 Å². The van der Waals surface area contributed by atoms with E-state index in [1.54, 1.807) is 18.2 Å². The molecular formula is C17H22N2O4. The summed E-state index contributed by atoms with van der Waals surface area (Å²) >= 11 is 0. The lowest BCUT2D eigenvalue weighted by Gasteiger charge is -2.19. The molecule has 3 rings (SSSR count). The third-order valence-corrected chi connectivity index (χ3v) is 4.01. The SMILES string of the molecule is CCOC(=NC1CCCCC1)NC(=O)c1ccc2c(c1)OCO2. The van der Waals surface area contributed by atoms with Crippen molar-refractivity contribution in [3.8, 4) is 11.5 Å². The van der Waals surface area contributed by atoms with Crippen molar-refractivity contribution in [2.45, 2.75) is 45.1 Å². The van der Waals surface area contributed by atoms with Crippen LogP contribution in [0.5, 0.6) is 11.5 Å². The minimum atomic E-state index is -0.258. The first-order valence-corrected chi connectivity index (χ1v) is 8.18.